The lowest BCUT2D eigenvalue weighted by Crippen LogP contribution is -2.39. The maximum Gasteiger partial charge on any atom is 0.267 e. The SMILES string of the molecule is O=C(COc1ccc(CCNC(=O)C2=NN(c3ccccc3)C(=O)CC2)cc1)NC1CC1. The van der Waals surface area contributed by atoms with E-state index in [1.807, 2.05) is 42.5 Å². The lowest BCUT2D eigenvalue weighted by Gasteiger charge is -2.23. The molecular formula is C24H26N4O4. The van der Waals surface area contributed by atoms with Crippen LogP contribution in [0.15, 0.2) is 59.7 Å². The van der Waals surface area contributed by atoms with Gasteiger partial charge in [-0.1, -0.05) is 30.3 Å². The van der Waals surface area contributed by atoms with Gasteiger partial charge in [-0.3, -0.25) is 14.4 Å². The Labute approximate surface area is 186 Å². The van der Waals surface area contributed by atoms with E-state index < -0.39 is 0 Å². The fraction of sp³-hybridized carbons (Fsp3) is 0.333. The zero-order chi connectivity index (χ0) is 22.3. The number of benzene rings is 2. The number of para-hydroxylation sites is 1. The highest BCUT2D eigenvalue weighted by molar-refractivity contribution is 6.40. The van der Waals surface area contributed by atoms with E-state index in [0.717, 1.165) is 18.4 Å². The number of rotatable bonds is 9. The van der Waals surface area contributed by atoms with E-state index >= 15 is 0 Å². The van der Waals surface area contributed by atoms with Crippen molar-refractivity contribution in [3.05, 3.63) is 60.2 Å². The van der Waals surface area contributed by atoms with Gasteiger partial charge >= 0.3 is 0 Å². The van der Waals surface area contributed by atoms with Gasteiger partial charge in [0.2, 0.25) is 5.91 Å². The van der Waals surface area contributed by atoms with Crippen molar-refractivity contribution in [1.82, 2.24) is 10.6 Å². The first-order valence-electron chi connectivity index (χ1n) is 10.8. The molecule has 2 aliphatic rings. The lowest BCUT2D eigenvalue weighted by atomic mass is 10.1. The molecule has 8 heteroatoms. The van der Waals surface area contributed by atoms with E-state index in [1.54, 1.807) is 12.1 Å². The van der Waals surface area contributed by atoms with E-state index in [4.69, 9.17) is 4.74 Å². The molecule has 1 aliphatic heterocycles. The van der Waals surface area contributed by atoms with Crippen LogP contribution in [0.2, 0.25) is 0 Å². The van der Waals surface area contributed by atoms with Gasteiger partial charge in [-0.05, 0) is 49.1 Å². The third-order valence-electron chi connectivity index (χ3n) is 5.23. The quantitative estimate of drug-likeness (QED) is 0.632. The molecule has 2 aromatic carbocycles. The van der Waals surface area contributed by atoms with Gasteiger partial charge in [0.05, 0.1) is 5.69 Å². The Balaban J connectivity index is 1.23. The molecule has 1 fully saturated rings. The van der Waals surface area contributed by atoms with Crippen molar-refractivity contribution < 1.29 is 19.1 Å². The molecule has 1 saturated carbocycles. The van der Waals surface area contributed by atoms with Crippen LogP contribution in [-0.2, 0) is 20.8 Å². The van der Waals surface area contributed by atoms with E-state index in [1.165, 1.54) is 5.01 Å². The highest BCUT2D eigenvalue weighted by Gasteiger charge is 2.25. The number of anilines is 1. The molecule has 4 rings (SSSR count). The third-order valence-corrected chi connectivity index (χ3v) is 5.23. The molecule has 1 aliphatic carbocycles. The maximum absolute atomic E-state index is 12.5. The fourth-order valence-electron chi connectivity index (χ4n) is 3.31. The number of nitrogens with zero attached hydrogens (tertiary/aromatic N) is 2. The number of hydrogen-bond acceptors (Lipinski definition) is 5. The predicted molar refractivity (Wildman–Crippen MR) is 120 cm³/mol. The summed E-state index contributed by atoms with van der Waals surface area (Å²) < 4.78 is 5.50. The first-order valence-corrected chi connectivity index (χ1v) is 10.8. The third kappa shape index (κ3) is 5.94. The van der Waals surface area contributed by atoms with Gasteiger partial charge in [-0.25, -0.2) is 5.01 Å². The van der Waals surface area contributed by atoms with E-state index in [2.05, 4.69) is 15.7 Å². The van der Waals surface area contributed by atoms with Crippen LogP contribution in [0.25, 0.3) is 0 Å². The average Bonchev–Trinajstić information content (AvgIpc) is 3.63. The van der Waals surface area contributed by atoms with Crippen LogP contribution in [0.3, 0.4) is 0 Å². The molecule has 3 amide bonds. The summed E-state index contributed by atoms with van der Waals surface area (Å²) in [7, 11) is 0. The molecule has 0 bridgehead atoms. The van der Waals surface area contributed by atoms with Gasteiger partial charge in [0, 0.05) is 25.4 Å². The summed E-state index contributed by atoms with van der Waals surface area (Å²) in [6, 6.07) is 16.9. The minimum absolute atomic E-state index is 0.0104. The van der Waals surface area contributed by atoms with E-state index in [0.29, 0.717) is 42.6 Å². The van der Waals surface area contributed by atoms with Gasteiger partial charge in [0.1, 0.15) is 11.5 Å². The maximum atomic E-state index is 12.5. The second-order valence-corrected chi connectivity index (χ2v) is 7.87. The van der Waals surface area contributed by atoms with Crippen molar-refractivity contribution in [1.29, 1.82) is 0 Å². The molecule has 32 heavy (non-hydrogen) atoms. The Hall–Kier alpha value is -3.68. The van der Waals surface area contributed by atoms with Gasteiger partial charge in [0.25, 0.3) is 11.8 Å². The standard InChI is InChI=1S/C24H26N4O4/c29-22(26-18-8-9-18)16-32-20-10-6-17(7-11-20)14-15-25-24(31)21-12-13-23(30)28(27-21)19-4-2-1-3-5-19/h1-7,10-11,18H,8-9,12-16H2,(H,25,31)(H,26,29). The van der Waals surface area contributed by atoms with Crippen molar-refractivity contribution in [3.63, 3.8) is 0 Å². The normalized spacial score (nSPS) is 15.7. The van der Waals surface area contributed by atoms with Gasteiger partial charge in [-0.15, -0.1) is 0 Å². The van der Waals surface area contributed by atoms with Crippen molar-refractivity contribution in [2.24, 2.45) is 5.10 Å². The number of hydrazone groups is 1. The molecular weight excluding hydrogens is 408 g/mol. The summed E-state index contributed by atoms with van der Waals surface area (Å²) in [5.41, 5.74) is 2.03. The zero-order valence-electron chi connectivity index (χ0n) is 17.8. The van der Waals surface area contributed by atoms with Crippen LogP contribution >= 0.6 is 0 Å². The van der Waals surface area contributed by atoms with Gasteiger partial charge < -0.3 is 15.4 Å². The number of nitrogens with one attached hydrogen (secondary N) is 2. The Bertz CT molecular complexity index is 1000. The molecule has 8 nitrogen and oxygen atoms in total. The number of carbonyl (C=O) groups is 3. The first-order chi connectivity index (χ1) is 15.6. The largest absolute Gasteiger partial charge is 0.484 e. The summed E-state index contributed by atoms with van der Waals surface area (Å²) >= 11 is 0. The summed E-state index contributed by atoms with van der Waals surface area (Å²) in [4.78, 5) is 36.4. The molecule has 0 unspecified atom stereocenters. The molecule has 0 saturated heterocycles. The Morgan fingerprint density at radius 3 is 2.50 bits per heavy atom. The fourth-order valence-corrected chi connectivity index (χ4v) is 3.31. The summed E-state index contributed by atoms with van der Waals surface area (Å²) in [6.07, 6.45) is 3.32. The number of ether oxygens (including phenoxy) is 1. The minimum Gasteiger partial charge on any atom is -0.484 e. The monoisotopic (exact) mass is 434 g/mol. The second-order valence-electron chi connectivity index (χ2n) is 7.87. The molecule has 2 aromatic rings. The van der Waals surface area contributed by atoms with Crippen LogP contribution in [-0.4, -0.2) is 42.6 Å². The smallest absolute Gasteiger partial charge is 0.267 e. The number of carbonyl (C=O) groups excluding carboxylic acids is 3. The van der Waals surface area contributed by atoms with Crippen molar-refractivity contribution in [2.45, 2.75) is 38.1 Å². The Kier molecular flexibility index (Phi) is 6.79. The van der Waals surface area contributed by atoms with Gasteiger partial charge in [0.15, 0.2) is 6.61 Å². The van der Waals surface area contributed by atoms with Crippen LogP contribution in [0.4, 0.5) is 5.69 Å². The molecule has 0 atom stereocenters. The van der Waals surface area contributed by atoms with Crippen molar-refractivity contribution in [3.8, 4) is 5.75 Å². The highest BCUT2D eigenvalue weighted by atomic mass is 16.5. The van der Waals surface area contributed by atoms with Crippen LogP contribution in [0.1, 0.15) is 31.2 Å². The second kappa shape index (κ2) is 10.1. The number of hydrogen-bond donors (Lipinski definition) is 2. The molecule has 2 N–H and O–H groups in total. The first kappa shape index (κ1) is 21.5. The van der Waals surface area contributed by atoms with E-state index in [9.17, 15) is 14.4 Å². The molecule has 1 heterocycles. The topological polar surface area (TPSA) is 100 Å². The summed E-state index contributed by atoms with van der Waals surface area (Å²) in [6.45, 7) is 0.456. The molecule has 166 valence electrons. The molecule has 0 spiro atoms. The zero-order valence-corrected chi connectivity index (χ0v) is 17.8. The summed E-state index contributed by atoms with van der Waals surface area (Å²) in [5.74, 6) is 0.142. The Morgan fingerprint density at radius 2 is 1.78 bits per heavy atom. The van der Waals surface area contributed by atoms with Crippen LogP contribution < -0.4 is 20.4 Å². The van der Waals surface area contributed by atoms with Crippen LogP contribution in [0, 0.1) is 0 Å². The Morgan fingerprint density at radius 1 is 1.03 bits per heavy atom. The lowest BCUT2D eigenvalue weighted by molar-refractivity contribution is -0.123. The number of amides is 3. The van der Waals surface area contributed by atoms with Gasteiger partial charge in [-0.2, -0.15) is 5.10 Å². The minimum atomic E-state index is -0.264. The summed E-state index contributed by atoms with van der Waals surface area (Å²) in [5, 5.41) is 11.3. The van der Waals surface area contributed by atoms with Crippen molar-refractivity contribution >= 4 is 29.1 Å². The molecule has 0 radical (unpaired) electrons. The van der Waals surface area contributed by atoms with Crippen molar-refractivity contribution in [2.75, 3.05) is 18.2 Å². The average molecular weight is 434 g/mol. The predicted octanol–water partition coefficient (Wildman–Crippen LogP) is 2.19. The van der Waals surface area contributed by atoms with Crippen LogP contribution in [0.5, 0.6) is 5.75 Å². The highest BCUT2D eigenvalue weighted by Crippen LogP contribution is 2.20. The van der Waals surface area contributed by atoms with E-state index in [-0.39, 0.29) is 30.7 Å². The molecule has 0 aromatic heterocycles.